The van der Waals surface area contributed by atoms with E-state index in [1.165, 1.54) is 4.90 Å². The van der Waals surface area contributed by atoms with Gasteiger partial charge in [0.05, 0.1) is 24.6 Å². The van der Waals surface area contributed by atoms with E-state index in [1.54, 1.807) is 0 Å². The SMILES string of the molecule is N#CC1(c2ccc(N3CC(CO)OC3=O)cc2)CC1. The van der Waals surface area contributed by atoms with Gasteiger partial charge < -0.3 is 9.84 Å². The lowest BCUT2D eigenvalue weighted by molar-refractivity contribution is 0.0963. The zero-order valence-corrected chi connectivity index (χ0v) is 10.4. The third-order valence-electron chi connectivity index (χ3n) is 3.77. The summed E-state index contributed by atoms with van der Waals surface area (Å²) in [6.45, 7) is 0.190. The molecular formula is C14H14N2O3. The summed E-state index contributed by atoms with van der Waals surface area (Å²) in [4.78, 5) is 13.1. The highest BCUT2D eigenvalue weighted by Crippen LogP contribution is 2.47. The molecule has 1 saturated heterocycles. The highest BCUT2D eigenvalue weighted by molar-refractivity contribution is 5.89. The first-order chi connectivity index (χ1) is 9.18. The van der Waals surface area contributed by atoms with Crippen molar-refractivity contribution in [3.63, 3.8) is 0 Å². The summed E-state index contributed by atoms with van der Waals surface area (Å²) in [7, 11) is 0. The van der Waals surface area contributed by atoms with Crippen LogP contribution in [0.25, 0.3) is 0 Å². The Morgan fingerprint density at radius 2 is 2.11 bits per heavy atom. The number of hydrogen-bond acceptors (Lipinski definition) is 4. The number of carbonyl (C=O) groups is 1. The van der Waals surface area contributed by atoms with Crippen molar-refractivity contribution in [2.45, 2.75) is 24.4 Å². The van der Waals surface area contributed by atoms with Crippen LogP contribution >= 0.6 is 0 Å². The zero-order valence-electron chi connectivity index (χ0n) is 10.4. The average Bonchev–Trinajstić information content (AvgIpc) is 3.16. The van der Waals surface area contributed by atoms with Gasteiger partial charge in [-0.1, -0.05) is 12.1 Å². The van der Waals surface area contributed by atoms with Crippen molar-refractivity contribution in [1.29, 1.82) is 5.26 Å². The Morgan fingerprint density at radius 3 is 2.58 bits per heavy atom. The van der Waals surface area contributed by atoms with E-state index in [0.717, 1.165) is 24.1 Å². The van der Waals surface area contributed by atoms with Crippen molar-refractivity contribution in [2.24, 2.45) is 0 Å². The van der Waals surface area contributed by atoms with Crippen LogP contribution in [0.2, 0.25) is 0 Å². The Kier molecular flexibility index (Phi) is 2.68. The summed E-state index contributed by atoms with van der Waals surface area (Å²) in [5.41, 5.74) is 1.43. The van der Waals surface area contributed by atoms with Gasteiger partial charge in [0.1, 0.15) is 6.10 Å². The normalized spacial score (nSPS) is 23.9. The number of amides is 1. The maximum Gasteiger partial charge on any atom is 0.414 e. The number of benzene rings is 1. The molecule has 0 spiro atoms. The van der Waals surface area contributed by atoms with Crippen LogP contribution in [0.3, 0.4) is 0 Å². The molecule has 5 heteroatoms. The fourth-order valence-corrected chi connectivity index (χ4v) is 2.38. The quantitative estimate of drug-likeness (QED) is 0.892. The molecule has 1 aromatic rings. The number of nitrogens with zero attached hydrogens (tertiary/aromatic N) is 2. The van der Waals surface area contributed by atoms with E-state index in [9.17, 15) is 4.79 Å². The van der Waals surface area contributed by atoms with Crippen LogP contribution in [0.5, 0.6) is 0 Å². The van der Waals surface area contributed by atoms with Gasteiger partial charge in [0.25, 0.3) is 0 Å². The van der Waals surface area contributed by atoms with Crippen LogP contribution in [-0.4, -0.2) is 30.5 Å². The van der Waals surface area contributed by atoms with E-state index < -0.39 is 12.2 Å². The third-order valence-corrected chi connectivity index (χ3v) is 3.77. The second-order valence-corrected chi connectivity index (χ2v) is 5.04. The maximum atomic E-state index is 11.6. The Morgan fingerprint density at radius 1 is 1.42 bits per heavy atom. The zero-order chi connectivity index (χ0) is 13.5. The standard InChI is InChI=1S/C14H14N2O3/c15-9-14(5-6-14)10-1-3-11(4-2-10)16-7-12(8-17)19-13(16)18/h1-4,12,17H,5-8H2. The molecule has 1 aromatic carbocycles. The lowest BCUT2D eigenvalue weighted by Gasteiger charge is -2.14. The van der Waals surface area contributed by atoms with Gasteiger partial charge in [-0.15, -0.1) is 0 Å². The molecule has 0 bridgehead atoms. The van der Waals surface area contributed by atoms with E-state index in [-0.39, 0.29) is 12.0 Å². The summed E-state index contributed by atoms with van der Waals surface area (Å²) in [6, 6.07) is 9.79. The Labute approximate surface area is 111 Å². The predicted octanol–water partition coefficient (Wildman–Crippen LogP) is 1.56. The molecule has 1 heterocycles. The average molecular weight is 258 g/mol. The summed E-state index contributed by atoms with van der Waals surface area (Å²) in [5, 5.41) is 18.1. The van der Waals surface area contributed by atoms with Crippen molar-refractivity contribution in [3.8, 4) is 6.07 Å². The first-order valence-electron chi connectivity index (χ1n) is 6.29. The van der Waals surface area contributed by atoms with Gasteiger partial charge in [-0.05, 0) is 30.5 Å². The largest absolute Gasteiger partial charge is 0.441 e. The van der Waals surface area contributed by atoms with Crippen molar-refractivity contribution in [1.82, 2.24) is 0 Å². The number of carbonyl (C=O) groups excluding carboxylic acids is 1. The molecule has 2 fully saturated rings. The molecule has 19 heavy (non-hydrogen) atoms. The molecule has 3 rings (SSSR count). The van der Waals surface area contributed by atoms with E-state index >= 15 is 0 Å². The first kappa shape index (κ1) is 12.0. The number of cyclic esters (lactones) is 1. The fraction of sp³-hybridized carbons (Fsp3) is 0.429. The number of aliphatic hydroxyl groups is 1. The van der Waals surface area contributed by atoms with Gasteiger partial charge in [0.15, 0.2) is 0 Å². The summed E-state index contributed by atoms with van der Waals surface area (Å²) < 4.78 is 4.99. The fourth-order valence-electron chi connectivity index (χ4n) is 2.38. The van der Waals surface area contributed by atoms with Gasteiger partial charge in [-0.2, -0.15) is 5.26 Å². The number of aliphatic hydroxyl groups excluding tert-OH is 1. The minimum Gasteiger partial charge on any atom is -0.441 e. The van der Waals surface area contributed by atoms with Crippen LogP contribution in [0.4, 0.5) is 10.5 Å². The number of rotatable bonds is 3. The van der Waals surface area contributed by atoms with E-state index in [2.05, 4.69) is 6.07 Å². The highest BCUT2D eigenvalue weighted by Gasteiger charge is 2.44. The molecule has 0 radical (unpaired) electrons. The van der Waals surface area contributed by atoms with Crippen molar-refractivity contribution < 1.29 is 14.6 Å². The molecule has 1 atom stereocenters. The topological polar surface area (TPSA) is 73.6 Å². The smallest absolute Gasteiger partial charge is 0.414 e. The second kappa shape index (κ2) is 4.25. The number of hydrogen-bond donors (Lipinski definition) is 1. The Bertz CT molecular complexity index is 543. The van der Waals surface area contributed by atoms with Crippen molar-refractivity contribution in [3.05, 3.63) is 29.8 Å². The Hall–Kier alpha value is -2.06. The lowest BCUT2D eigenvalue weighted by Crippen LogP contribution is -2.25. The molecule has 0 aromatic heterocycles. The summed E-state index contributed by atoms with van der Waals surface area (Å²) >= 11 is 0. The molecule has 5 nitrogen and oxygen atoms in total. The molecule has 1 saturated carbocycles. The molecular weight excluding hydrogens is 244 g/mol. The number of nitriles is 1. The maximum absolute atomic E-state index is 11.6. The number of anilines is 1. The number of ether oxygens (including phenoxy) is 1. The molecule has 1 amide bonds. The van der Waals surface area contributed by atoms with Gasteiger partial charge in [-0.25, -0.2) is 4.79 Å². The van der Waals surface area contributed by atoms with Crippen LogP contribution in [-0.2, 0) is 10.2 Å². The predicted molar refractivity (Wildman–Crippen MR) is 67.7 cm³/mol. The first-order valence-corrected chi connectivity index (χ1v) is 6.29. The van der Waals surface area contributed by atoms with Gasteiger partial charge >= 0.3 is 6.09 Å². The van der Waals surface area contributed by atoms with Gasteiger partial charge in [0, 0.05) is 5.69 Å². The minimum atomic E-state index is -0.457. The lowest BCUT2D eigenvalue weighted by atomic mass is 9.97. The molecule has 2 aliphatic rings. The molecule has 1 N–H and O–H groups in total. The Balaban J connectivity index is 1.80. The van der Waals surface area contributed by atoms with E-state index in [4.69, 9.17) is 15.1 Å². The minimum absolute atomic E-state index is 0.169. The van der Waals surface area contributed by atoms with Crippen LogP contribution in [0.15, 0.2) is 24.3 Å². The summed E-state index contributed by atoms with van der Waals surface area (Å²) in [5.74, 6) is 0. The van der Waals surface area contributed by atoms with Crippen LogP contribution in [0, 0.1) is 11.3 Å². The monoisotopic (exact) mass is 258 g/mol. The van der Waals surface area contributed by atoms with Gasteiger partial charge in [0.2, 0.25) is 0 Å². The van der Waals surface area contributed by atoms with E-state index in [0.29, 0.717) is 6.54 Å². The van der Waals surface area contributed by atoms with Crippen LogP contribution in [0.1, 0.15) is 18.4 Å². The summed E-state index contributed by atoms with van der Waals surface area (Å²) in [6.07, 6.45) is 0.914. The van der Waals surface area contributed by atoms with E-state index in [1.807, 2.05) is 24.3 Å². The highest BCUT2D eigenvalue weighted by atomic mass is 16.6. The van der Waals surface area contributed by atoms with Crippen molar-refractivity contribution in [2.75, 3.05) is 18.1 Å². The van der Waals surface area contributed by atoms with Crippen LogP contribution < -0.4 is 4.90 Å². The third kappa shape index (κ3) is 1.94. The van der Waals surface area contributed by atoms with Gasteiger partial charge in [-0.3, -0.25) is 4.90 Å². The molecule has 98 valence electrons. The molecule has 1 unspecified atom stereocenters. The molecule has 1 aliphatic carbocycles. The second-order valence-electron chi connectivity index (χ2n) is 5.04. The van der Waals surface area contributed by atoms with Crippen molar-refractivity contribution >= 4 is 11.8 Å². The molecule has 1 aliphatic heterocycles.